The van der Waals surface area contributed by atoms with E-state index in [4.69, 9.17) is 10.5 Å². The average molecular weight is 293 g/mol. The van der Waals surface area contributed by atoms with Gasteiger partial charge in [-0.05, 0) is 43.4 Å². The third-order valence-electron chi connectivity index (χ3n) is 3.70. The number of nitrogens with zero attached hydrogens (tertiary/aromatic N) is 2. The normalized spacial score (nSPS) is 19.7. The Morgan fingerprint density at radius 1 is 1.52 bits per heavy atom. The zero-order valence-electron chi connectivity index (χ0n) is 12.8. The Bertz CT molecular complexity index is 504. The molecule has 1 unspecified atom stereocenters. The summed E-state index contributed by atoms with van der Waals surface area (Å²) in [7, 11) is 0. The van der Waals surface area contributed by atoms with Gasteiger partial charge in [-0.2, -0.15) is 0 Å². The highest BCUT2D eigenvalue weighted by Gasteiger charge is 2.17. The molecule has 1 aliphatic rings. The first-order valence-electron chi connectivity index (χ1n) is 7.56. The van der Waals surface area contributed by atoms with E-state index >= 15 is 0 Å². The molecule has 1 aromatic carbocycles. The summed E-state index contributed by atoms with van der Waals surface area (Å²) >= 11 is 0. The Kier molecular flexibility index (Phi) is 5.42. The fourth-order valence-electron chi connectivity index (χ4n) is 2.59. The van der Waals surface area contributed by atoms with Gasteiger partial charge in [-0.1, -0.05) is 13.0 Å². The number of ether oxygens (including phenoxy) is 1. The summed E-state index contributed by atoms with van der Waals surface area (Å²) in [6.45, 7) is 6.80. The molecule has 0 aliphatic carbocycles. The lowest BCUT2D eigenvalue weighted by Crippen LogP contribution is -2.43. The van der Waals surface area contributed by atoms with Gasteiger partial charge in [-0.3, -0.25) is 0 Å². The molecule has 0 spiro atoms. The predicted molar refractivity (Wildman–Crippen MR) is 82.9 cm³/mol. The van der Waals surface area contributed by atoms with Crippen molar-refractivity contribution in [3.63, 3.8) is 0 Å². The first-order chi connectivity index (χ1) is 10.1. The number of benzene rings is 1. The molecular formula is C16H24FN3O. The Morgan fingerprint density at radius 3 is 3.00 bits per heavy atom. The molecule has 4 nitrogen and oxygen atoms in total. The number of piperidine rings is 1. The molecule has 116 valence electrons. The van der Waals surface area contributed by atoms with Crippen LogP contribution in [-0.2, 0) is 6.54 Å². The van der Waals surface area contributed by atoms with Crippen LogP contribution >= 0.6 is 0 Å². The van der Waals surface area contributed by atoms with Crippen molar-refractivity contribution in [1.29, 1.82) is 0 Å². The van der Waals surface area contributed by atoms with Gasteiger partial charge in [-0.25, -0.2) is 9.38 Å². The summed E-state index contributed by atoms with van der Waals surface area (Å²) in [5.74, 6) is 1.13. The molecule has 21 heavy (non-hydrogen) atoms. The maximum Gasteiger partial charge on any atom is 0.191 e. The molecule has 1 heterocycles. The molecule has 1 aliphatic heterocycles. The van der Waals surface area contributed by atoms with E-state index in [1.165, 1.54) is 12.5 Å². The van der Waals surface area contributed by atoms with E-state index in [9.17, 15) is 4.39 Å². The van der Waals surface area contributed by atoms with Crippen LogP contribution in [-0.4, -0.2) is 30.6 Å². The first-order valence-corrected chi connectivity index (χ1v) is 7.56. The molecule has 1 aromatic rings. The van der Waals surface area contributed by atoms with Gasteiger partial charge in [0.2, 0.25) is 0 Å². The molecule has 5 heteroatoms. The highest BCUT2D eigenvalue weighted by atomic mass is 19.1. The van der Waals surface area contributed by atoms with E-state index in [1.54, 1.807) is 6.07 Å². The summed E-state index contributed by atoms with van der Waals surface area (Å²) in [5, 5.41) is 0. The number of aliphatic imine (C=N–C) groups is 1. The summed E-state index contributed by atoms with van der Waals surface area (Å²) in [6.07, 6.45) is 2.39. The van der Waals surface area contributed by atoms with E-state index in [1.807, 2.05) is 13.0 Å². The number of hydrogen-bond donors (Lipinski definition) is 1. The van der Waals surface area contributed by atoms with E-state index in [-0.39, 0.29) is 11.6 Å². The predicted octanol–water partition coefficient (Wildman–Crippen LogP) is 2.77. The standard InChI is InChI=1S/C16H24FN3O/c1-3-21-15-7-6-13(9-14(15)17)10-19-16(18)20-8-4-5-12(2)11-20/h6-7,9,12H,3-5,8,10-11H2,1-2H3,(H2,18,19). The van der Waals surface area contributed by atoms with Crippen LogP contribution in [0.3, 0.4) is 0 Å². The minimum Gasteiger partial charge on any atom is -0.491 e. The largest absolute Gasteiger partial charge is 0.491 e. The zero-order chi connectivity index (χ0) is 15.2. The average Bonchev–Trinajstić information content (AvgIpc) is 2.47. The van der Waals surface area contributed by atoms with Crippen LogP contribution in [0.1, 0.15) is 32.3 Å². The minimum atomic E-state index is -0.352. The van der Waals surface area contributed by atoms with Crippen molar-refractivity contribution in [2.45, 2.75) is 33.2 Å². The number of guanidine groups is 1. The van der Waals surface area contributed by atoms with Crippen molar-refractivity contribution in [2.24, 2.45) is 16.6 Å². The minimum absolute atomic E-state index is 0.281. The maximum absolute atomic E-state index is 13.8. The Balaban J connectivity index is 1.97. The molecule has 1 saturated heterocycles. The molecule has 0 bridgehead atoms. The SMILES string of the molecule is CCOc1ccc(CN=C(N)N2CCCC(C)C2)cc1F. The monoisotopic (exact) mass is 293 g/mol. The van der Waals surface area contributed by atoms with Gasteiger partial charge >= 0.3 is 0 Å². The molecule has 0 radical (unpaired) electrons. The summed E-state index contributed by atoms with van der Waals surface area (Å²) < 4.78 is 18.9. The smallest absolute Gasteiger partial charge is 0.191 e. The van der Waals surface area contributed by atoms with Gasteiger partial charge < -0.3 is 15.4 Å². The number of halogens is 1. The van der Waals surface area contributed by atoms with Crippen LogP contribution < -0.4 is 10.5 Å². The van der Waals surface area contributed by atoms with Crippen LogP contribution in [0.5, 0.6) is 5.75 Å². The fraction of sp³-hybridized carbons (Fsp3) is 0.562. The molecule has 0 amide bonds. The number of nitrogens with two attached hydrogens (primary N) is 1. The van der Waals surface area contributed by atoms with E-state index in [0.717, 1.165) is 25.1 Å². The summed E-state index contributed by atoms with van der Waals surface area (Å²) in [4.78, 5) is 6.49. The molecule has 1 fully saturated rings. The highest BCUT2D eigenvalue weighted by Crippen LogP contribution is 2.19. The van der Waals surface area contributed by atoms with Crippen LogP contribution in [0.15, 0.2) is 23.2 Å². The van der Waals surface area contributed by atoms with Crippen LogP contribution in [0, 0.1) is 11.7 Å². The van der Waals surface area contributed by atoms with Gasteiger partial charge in [-0.15, -0.1) is 0 Å². The van der Waals surface area contributed by atoms with Crippen molar-refractivity contribution in [1.82, 2.24) is 4.90 Å². The molecular weight excluding hydrogens is 269 g/mol. The van der Waals surface area contributed by atoms with E-state index in [0.29, 0.717) is 25.0 Å². The van der Waals surface area contributed by atoms with E-state index < -0.39 is 0 Å². The zero-order valence-corrected chi connectivity index (χ0v) is 12.8. The Labute approximate surface area is 125 Å². The van der Waals surface area contributed by atoms with E-state index in [2.05, 4.69) is 16.8 Å². The molecule has 0 saturated carbocycles. The topological polar surface area (TPSA) is 50.9 Å². The van der Waals surface area contributed by atoms with Crippen molar-refractivity contribution in [3.05, 3.63) is 29.6 Å². The van der Waals surface area contributed by atoms with Gasteiger partial charge in [0.15, 0.2) is 17.5 Å². The summed E-state index contributed by atoms with van der Waals surface area (Å²) in [6, 6.07) is 4.92. The second kappa shape index (κ2) is 7.29. The van der Waals surface area contributed by atoms with Crippen molar-refractivity contribution in [2.75, 3.05) is 19.7 Å². The van der Waals surface area contributed by atoms with Gasteiger partial charge in [0, 0.05) is 13.1 Å². The maximum atomic E-state index is 13.8. The molecule has 2 rings (SSSR count). The number of rotatable bonds is 4. The molecule has 1 atom stereocenters. The summed E-state index contributed by atoms with van der Waals surface area (Å²) in [5.41, 5.74) is 6.83. The Hall–Kier alpha value is -1.78. The second-order valence-electron chi connectivity index (χ2n) is 5.57. The van der Waals surface area contributed by atoms with Crippen molar-refractivity contribution in [3.8, 4) is 5.75 Å². The molecule has 0 aromatic heterocycles. The Morgan fingerprint density at radius 2 is 2.33 bits per heavy atom. The lowest BCUT2D eigenvalue weighted by atomic mass is 10.0. The van der Waals surface area contributed by atoms with Gasteiger partial charge in [0.1, 0.15) is 0 Å². The quantitative estimate of drug-likeness (QED) is 0.686. The first kappa shape index (κ1) is 15.6. The third kappa shape index (κ3) is 4.34. The molecule has 2 N–H and O–H groups in total. The van der Waals surface area contributed by atoms with Crippen LogP contribution in [0.2, 0.25) is 0 Å². The van der Waals surface area contributed by atoms with Crippen molar-refractivity contribution < 1.29 is 9.13 Å². The van der Waals surface area contributed by atoms with Crippen molar-refractivity contribution >= 4 is 5.96 Å². The fourth-order valence-corrected chi connectivity index (χ4v) is 2.59. The lowest BCUT2D eigenvalue weighted by molar-refractivity contribution is 0.270. The second-order valence-corrected chi connectivity index (χ2v) is 5.57. The van der Waals surface area contributed by atoms with Gasteiger partial charge in [0.25, 0.3) is 0 Å². The van der Waals surface area contributed by atoms with Crippen LogP contribution in [0.4, 0.5) is 4.39 Å². The van der Waals surface area contributed by atoms with Gasteiger partial charge in [0.05, 0.1) is 13.2 Å². The number of likely N-dealkylation sites (tertiary alicyclic amines) is 1. The third-order valence-corrected chi connectivity index (χ3v) is 3.70. The number of hydrogen-bond acceptors (Lipinski definition) is 2. The highest BCUT2D eigenvalue weighted by molar-refractivity contribution is 5.78. The van der Waals surface area contributed by atoms with Crippen LogP contribution in [0.25, 0.3) is 0 Å². The lowest BCUT2D eigenvalue weighted by Gasteiger charge is -2.31.